The SMILES string of the molecule is O=C(Cn1c(=O)sc2ccccc21)OCCOCCOCCOC(=O)Cn1c(=O)sc2ccccc21. The average Bonchev–Trinajstić information content (AvgIpc) is 3.35. The van der Waals surface area contributed by atoms with E-state index >= 15 is 0 Å². The molecule has 0 atom stereocenters. The molecule has 0 unspecified atom stereocenters. The number of hydrogen-bond donors (Lipinski definition) is 0. The van der Waals surface area contributed by atoms with Crippen LogP contribution in [0.5, 0.6) is 0 Å². The monoisotopic (exact) mass is 532 g/mol. The first-order valence-corrected chi connectivity index (χ1v) is 12.8. The zero-order chi connectivity index (χ0) is 25.3. The molecule has 0 spiro atoms. The van der Waals surface area contributed by atoms with E-state index < -0.39 is 11.9 Å². The van der Waals surface area contributed by atoms with E-state index in [0.29, 0.717) is 11.0 Å². The maximum Gasteiger partial charge on any atom is 0.326 e. The van der Waals surface area contributed by atoms with Crippen molar-refractivity contribution in [2.24, 2.45) is 0 Å². The van der Waals surface area contributed by atoms with Gasteiger partial charge in [0.1, 0.15) is 26.3 Å². The molecule has 2 aromatic heterocycles. The van der Waals surface area contributed by atoms with Gasteiger partial charge in [0.05, 0.1) is 46.9 Å². The number of ether oxygens (including phenoxy) is 4. The van der Waals surface area contributed by atoms with Gasteiger partial charge in [-0.15, -0.1) is 0 Å². The molecule has 190 valence electrons. The molecular weight excluding hydrogens is 508 g/mol. The molecule has 0 radical (unpaired) electrons. The highest BCUT2D eigenvalue weighted by Gasteiger charge is 2.13. The normalized spacial score (nSPS) is 11.2. The smallest absolute Gasteiger partial charge is 0.326 e. The number of para-hydroxylation sites is 2. The maximum absolute atomic E-state index is 12.1. The molecule has 2 heterocycles. The van der Waals surface area contributed by atoms with Crippen LogP contribution in [-0.4, -0.2) is 60.7 Å². The van der Waals surface area contributed by atoms with Crippen LogP contribution in [0.25, 0.3) is 20.4 Å². The number of rotatable bonds is 13. The van der Waals surface area contributed by atoms with Gasteiger partial charge in [0, 0.05) is 0 Å². The molecule has 0 N–H and O–H groups in total. The summed E-state index contributed by atoms with van der Waals surface area (Å²) in [6, 6.07) is 14.5. The predicted octanol–water partition coefficient (Wildman–Crippen LogP) is 2.26. The van der Waals surface area contributed by atoms with Crippen molar-refractivity contribution in [1.29, 1.82) is 0 Å². The number of carbonyl (C=O) groups excluding carboxylic acids is 2. The van der Waals surface area contributed by atoms with E-state index in [0.717, 1.165) is 32.1 Å². The fourth-order valence-electron chi connectivity index (χ4n) is 3.43. The Morgan fingerprint density at radius 1 is 0.611 bits per heavy atom. The maximum atomic E-state index is 12.1. The molecule has 0 aliphatic heterocycles. The number of carbonyl (C=O) groups is 2. The van der Waals surface area contributed by atoms with Crippen LogP contribution >= 0.6 is 22.7 Å². The molecule has 0 saturated carbocycles. The molecule has 4 aromatic rings. The fraction of sp³-hybridized carbons (Fsp3) is 0.333. The summed E-state index contributed by atoms with van der Waals surface area (Å²) in [5.41, 5.74) is 1.41. The van der Waals surface area contributed by atoms with Gasteiger partial charge >= 0.3 is 21.7 Å². The second-order valence-corrected chi connectivity index (χ2v) is 9.50. The van der Waals surface area contributed by atoms with E-state index in [2.05, 4.69) is 0 Å². The van der Waals surface area contributed by atoms with Crippen LogP contribution in [0, 0.1) is 0 Å². The molecular formula is C24H24N2O8S2. The first-order chi connectivity index (χ1) is 17.5. The summed E-state index contributed by atoms with van der Waals surface area (Å²) in [7, 11) is 0. The Hall–Kier alpha value is -3.32. The minimum Gasteiger partial charge on any atom is -0.462 e. The fourth-order valence-corrected chi connectivity index (χ4v) is 5.21. The van der Waals surface area contributed by atoms with Crippen LogP contribution in [0.3, 0.4) is 0 Å². The van der Waals surface area contributed by atoms with Gasteiger partial charge in [-0.1, -0.05) is 46.9 Å². The van der Waals surface area contributed by atoms with E-state index in [9.17, 15) is 19.2 Å². The molecule has 4 rings (SSSR count). The molecule has 0 aliphatic carbocycles. The molecule has 0 aliphatic rings. The topological polar surface area (TPSA) is 115 Å². The lowest BCUT2D eigenvalue weighted by Crippen LogP contribution is -2.22. The highest BCUT2D eigenvalue weighted by Crippen LogP contribution is 2.17. The minimum absolute atomic E-state index is 0.0594. The van der Waals surface area contributed by atoms with E-state index in [1.165, 1.54) is 9.13 Å². The van der Waals surface area contributed by atoms with Gasteiger partial charge in [-0.2, -0.15) is 0 Å². The summed E-state index contributed by atoms with van der Waals surface area (Å²) in [5.74, 6) is -1.03. The first kappa shape index (κ1) is 25.8. The van der Waals surface area contributed by atoms with E-state index in [-0.39, 0.29) is 62.5 Å². The van der Waals surface area contributed by atoms with Crippen LogP contribution < -0.4 is 9.75 Å². The Morgan fingerprint density at radius 2 is 1.00 bits per heavy atom. The zero-order valence-electron chi connectivity index (χ0n) is 19.3. The number of hydrogen-bond acceptors (Lipinski definition) is 10. The third kappa shape index (κ3) is 6.66. The van der Waals surface area contributed by atoms with Gasteiger partial charge in [-0.05, 0) is 24.3 Å². The van der Waals surface area contributed by atoms with Crippen LogP contribution in [0.15, 0.2) is 58.1 Å². The third-order valence-electron chi connectivity index (χ3n) is 5.08. The van der Waals surface area contributed by atoms with Crippen molar-refractivity contribution in [1.82, 2.24) is 9.13 Å². The van der Waals surface area contributed by atoms with Crippen molar-refractivity contribution in [3.63, 3.8) is 0 Å². The summed E-state index contributed by atoms with van der Waals surface area (Å²) < 4.78 is 25.4. The number of benzene rings is 2. The van der Waals surface area contributed by atoms with E-state index in [4.69, 9.17) is 18.9 Å². The molecule has 0 amide bonds. The Morgan fingerprint density at radius 3 is 1.44 bits per heavy atom. The van der Waals surface area contributed by atoms with Gasteiger partial charge in [0.15, 0.2) is 0 Å². The molecule has 2 aromatic carbocycles. The summed E-state index contributed by atoms with van der Waals surface area (Å²) in [6.45, 7) is 0.740. The molecule has 0 bridgehead atoms. The summed E-state index contributed by atoms with van der Waals surface area (Å²) in [4.78, 5) is 47.8. The highest BCUT2D eigenvalue weighted by atomic mass is 32.1. The number of thiazole rings is 2. The van der Waals surface area contributed by atoms with Crippen LogP contribution in [0.2, 0.25) is 0 Å². The lowest BCUT2D eigenvalue weighted by molar-refractivity contribution is -0.147. The van der Waals surface area contributed by atoms with Gasteiger partial charge in [0.2, 0.25) is 0 Å². The van der Waals surface area contributed by atoms with Gasteiger partial charge in [0.25, 0.3) is 0 Å². The quantitative estimate of drug-likeness (QED) is 0.190. The van der Waals surface area contributed by atoms with E-state index in [1.54, 1.807) is 12.1 Å². The zero-order valence-corrected chi connectivity index (χ0v) is 20.9. The first-order valence-electron chi connectivity index (χ1n) is 11.2. The third-order valence-corrected chi connectivity index (χ3v) is 7.00. The number of esters is 2. The molecule has 10 nitrogen and oxygen atoms in total. The number of fused-ring (bicyclic) bond motifs is 2. The van der Waals surface area contributed by atoms with Crippen molar-refractivity contribution in [2.45, 2.75) is 13.1 Å². The molecule has 0 fully saturated rings. The van der Waals surface area contributed by atoms with Gasteiger partial charge in [-0.3, -0.25) is 28.3 Å². The van der Waals surface area contributed by atoms with Gasteiger partial charge < -0.3 is 18.9 Å². The van der Waals surface area contributed by atoms with Crippen molar-refractivity contribution >= 4 is 55.0 Å². The summed E-state index contributed by atoms with van der Waals surface area (Å²) >= 11 is 2.17. The molecule has 36 heavy (non-hydrogen) atoms. The highest BCUT2D eigenvalue weighted by molar-refractivity contribution is 7.16. The largest absolute Gasteiger partial charge is 0.462 e. The molecule has 0 saturated heterocycles. The Balaban J connectivity index is 1.04. The Bertz CT molecular complexity index is 1340. The Kier molecular flexibility index (Phi) is 9.01. The van der Waals surface area contributed by atoms with Crippen molar-refractivity contribution in [3.05, 3.63) is 67.9 Å². The van der Waals surface area contributed by atoms with Crippen LogP contribution in [-0.2, 0) is 41.6 Å². The van der Waals surface area contributed by atoms with Crippen LogP contribution in [0.4, 0.5) is 0 Å². The van der Waals surface area contributed by atoms with Crippen molar-refractivity contribution in [2.75, 3.05) is 39.6 Å². The second-order valence-electron chi connectivity index (χ2n) is 7.51. The minimum atomic E-state index is -0.514. The van der Waals surface area contributed by atoms with E-state index in [1.807, 2.05) is 36.4 Å². The standard InChI is InChI=1S/C24H24N2O8S2/c27-21(15-25-17-5-1-3-7-19(17)35-23(25)29)33-13-11-31-9-10-32-12-14-34-22(28)16-26-18-6-2-4-8-20(18)36-24(26)30/h1-8H,9-16H2. The lowest BCUT2D eigenvalue weighted by atomic mass is 10.3. The Labute approximate surface area is 213 Å². The molecule has 12 heteroatoms. The number of nitrogens with zero attached hydrogens (tertiary/aromatic N) is 2. The lowest BCUT2D eigenvalue weighted by Gasteiger charge is -2.08. The van der Waals surface area contributed by atoms with Gasteiger partial charge in [-0.25, -0.2) is 0 Å². The van der Waals surface area contributed by atoms with Crippen molar-refractivity contribution in [3.8, 4) is 0 Å². The van der Waals surface area contributed by atoms with Crippen LogP contribution in [0.1, 0.15) is 0 Å². The summed E-state index contributed by atoms with van der Waals surface area (Å²) in [5, 5.41) is 0. The summed E-state index contributed by atoms with van der Waals surface area (Å²) in [6.07, 6.45) is 0. The second kappa shape index (κ2) is 12.6. The predicted molar refractivity (Wildman–Crippen MR) is 136 cm³/mol. The number of aromatic nitrogens is 2. The average molecular weight is 533 g/mol. The van der Waals surface area contributed by atoms with Crippen molar-refractivity contribution < 1.29 is 28.5 Å².